The normalized spacial score (nSPS) is 24.2. The quantitative estimate of drug-likeness (QED) is 0.288. The fourth-order valence-corrected chi connectivity index (χ4v) is 6.26. The Morgan fingerprint density at radius 1 is 1.20 bits per heavy atom. The van der Waals surface area contributed by atoms with Crippen LogP contribution in [0.1, 0.15) is 49.4 Å². The number of methoxy groups -OCH3 is 1. The molecule has 2 aliphatic heterocycles. The molecule has 3 atom stereocenters. The van der Waals surface area contributed by atoms with Gasteiger partial charge in [0.15, 0.2) is 10.8 Å². The van der Waals surface area contributed by atoms with Crippen LogP contribution in [-0.2, 0) is 15.7 Å². The number of nitrogens with zero attached hydrogens (tertiary/aromatic N) is 5. The van der Waals surface area contributed by atoms with Gasteiger partial charge in [0.1, 0.15) is 16.3 Å². The first-order valence-corrected chi connectivity index (χ1v) is 14.4. The molecule has 13 heteroatoms. The maximum atomic E-state index is 15.3. The molecule has 0 bridgehead atoms. The molecule has 2 saturated heterocycles. The summed E-state index contributed by atoms with van der Waals surface area (Å²) in [7, 11) is 1.67. The van der Waals surface area contributed by atoms with Crippen LogP contribution in [0, 0.1) is 5.82 Å². The van der Waals surface area contributed by atoms with Crippen LogP contribution in [-0.4, -0.2) is 66.2 Å². The molecule has 2 N–H and O–H groups in total. The molecule has 1 saturated carbocycles. The van der Waals surface area contributed by atoms with Crippen molar-refractivity contribution in [2.45, 2.75) is 62.4 Å². The SMILES string of the molecule is COC1CCN(c2nc3nc(C4CCOC(/C(C=NC5CC5)=C/N)C4)nc(-c4ccc(C(F)(F)F)cc4F)c3s2)C1. The molecular weight excluding hydrogens is 560 g/mol. The minimum atomic E-state index is -4.66. The molecule has 0 radical (unpaired) electrons. The smallest absolute Gasteiger partial charge is 0.404 e. The van der Waals surface area contributed by atoms with Gasteiger partial charge in [-0.1, -0.05) is 11.3 Å². The van der Waals surface area contributed by atoms with E-state index in [-0.39, 0.29) is 29.4 Å². The second-order valence-electron chi connectivity index (χ2n) is 10.6. The average molecular weight is 591 g/mol. The fourth-order valence-electron chi connectivity index (χ4n) is 5.22. The number of halogens is 4. The molecule has 6 rings (SSSR count). The number of anilines is 1. The van der Waals surface area contributed by atoms with Crippen LogP contribution in [0.25, 0.3) is 21.6 Å². The van der Waals surface area contributed by atoms with Gasteiger partial charge in [0, 0.05) is 56.3 Å². The second-order valence-corrected chi connectivity index (χ2v) is 11.6. The van der Waals surface area contributed by atoms with Crippen molar-refractivity contribution in [1.82, 2.24) is 15.0 Å². The third-order valence-electron chi connectivity index (χ3n) is 7.75. The Hall–Kier alpha value is -3.16. The molecule has 4 heterocycles. The highest BCUT2D eigenvalue weighted by Crippen LogP contribution is 2.40. The summed E-state index contributed by atoms with van der Waals surface area (Å²) < 4.78 is 67.1. The predicted octanol–water partition coefficient (Wildman–Crippen LogP) is 5.47. The van der Waals surface area contributed by atoms with E-state index >= 15 is 4.39 Å². The van der Waals surface area contributed by atoms with E-state index < -0.39 is 17.6 Å². The minimum absolute atomic E-state index is 0.0271. The second kappa shape index (κ2) is 11.3. The van der Waals surface area contributed by atoms with Gasteiger partial charge in [0.2, 0.25) is 0 Å². The number of rotatable bonds is 7. The zero-order valence-corrected chi connectivity index (χ0v) is 23.2. The summed E-state index contributed by atoms with van der Waals surface area (Å²) in [6.45, 7) is 1.82. The van der Waals surface area contributed by atoms with Crippen molar-refractivity contribution < 1.29 is 27.0 Å². The minimum Gasteiger partial charge on any atom is -0.404 e. The van der Waals surface area contributed by atoms with Crippen molar-refractivity contribution in [1.29, 1.82) is 0 Å². The van der Waals surface area contributed by atoms with E-state index in [0.29, 0.717) is 59.4 Å². The monoisotopic (exact) mass is 590 g/mol. The number of aromatic nitrogens is 3. The Morgan fingerprint density at radius 3 is 2.71 bits per heavy atom. The van der Waals surface area contributed by atoms with Gasteiger partial charge in [-0.25, -0.2) is 14.4 Å². The van der Waals surface area contributed by atoms with Crippen molar-refractivity contribution in [2.75, 3.05) is 31.7 Å². The molecule has 1 aromatic carbocycles. The first-order valence-electron chi connectivity index (χ1n) is 13.6. The maximum absolute atomic E-state index is 15.3. The Bertz CT molecular complexity index is 1490. The lowest BCUT2D eigenvalue weighted by Gasteiger charge is -2.29. The Kier molecular flexibility index (Phi) is 7.68. The van der Waals surface area contributed by atoms with E-state index in [1.165, 1.54) is 17.5 Å². The third kappa shape index (κ3) is 5.93. The summed E-state index contributed by atoms with van der Waals surface area (Å²) in [5.41, 5.74) is 6.21. The lowest BCUT2D eigenvalue weighted by molar-refractivity contribution is -0.137. The van der Waals surface area contributed by atoms with Crippen LogP contribution >= 0.6 is 11.3 Å². The van der Waals surface area contributed by atoms with Gasteiger partial charge in [-0.15, -0.1) is 0 Å². The molecule has 0 spiro atoms. The lowest BCUT2D eigenvalue weighted by Crippen LogP contribution is -2.28. The fraction of sp³-hybridized carbons (Fsp3) is 0.500. The summed E-state index contributed by atoms with van der Waals surface area (Å²) in [5, 5.41) is 0.689. The molecule has 0 amide bonds. The maximum Gasteiger partial charge on any atom is 0.416 e. The van der Waals surface area contributed by atoms with Crippen LogP contribution < -0.4 is 10.6 Å². The van der Waals surface area contributed by atoms with E-state index in [4.69, 9.17) is 30.2 Å². The Labute approximate surface area is 238 Å². The number of ether oxygens (including phenoxy) is 2. The number of nitrogens with two attached hydrogens (primary N) is 1. The number of thiazole rings is 1. The first-order chi connectivity index (χ1) is 19.7. The van der Waals surface area contributed by atoms with Crippen LogP contribution in [0.5, 0.6) is 0 Å². The molecule has 3 fully saturated rings. The highest BCUT2D eigenvalue weighted by atomic mass is 32.1. The standard InChI is InChI=1S/C28H30F4N6O2S/c1-39-19-6-8-38(14-19)27-37-26-24(41-27)23(20-5-2-17(11-21(20)29)28(30,31)32)35-25(36-26)15-7-9-40-22(10-15)16(12-33)13-34-18-3-4-18/h2,5,11-13,15,18-19,22H,3-4,6-10,14,33H2,1H3/b16-12+,34-13?. The Morgan fingerprint density at radius 2 is 2.02 bits per heavy atom. The summed E-state index contributed by atoms with van der Waals surface area (Å²) in [5.74, 6) is -0.715. The number of fused-ring (bicyclic) bond motifs is 1. The van der Waals surface area contributed by atoms with Crippen LogP contribution in [0.15, 0.2) is 35.0 Å². The molecule has 2 aromatic heterocycles. The van der Waals surface area contributed by atoms with E-state index in [1.807, 2.05) is 0 Å². The molecule has 3 unspecified atom stereocenters. The molecule has 1 aliphatic carbocycles. The van der Waals surface area contributed by atoms with Gasteiger partial charge in [0.25, 0.3) is 0 Å². The number of hydrogen-bond acceptors (Lipinski definition) is 9. The van der Waals surface area contributed by atoms with Gasteiger partial charge in [-0.3, -0.25) is 4.99 Å². The van der Waals surface area contributed by atoms with E-state index in [9.17, 15) is 13.2 Å². The van der Waals surface area contributed by atoms with Gasteiger partial charge in [-0.05, 0) is 50.3 Å². The Balaban J connectivity index is 1.39. The third-order valence-corrected chi connectivity index (χ3v) is 8.87. The highest BCUT2D eigenvalue weighted by Gasteiger charge is 2.33. The van der Waals surface area contributed by atoms with E-state index in [0.717, 1.165) is 43.5 Å². The summed E-state index contributed by atoms with van der Waals surface area (Å²) in [4.78, 5) is 21.0. The zero-order chi connectivity index (χ0) is 28.7. The number of benzene rings is 1. The number of aliphatic imine (C=N–C) groups is 1. The van der Waals surface area contributed by atoms with Crippen LogP contribution in [0.4, 0.5) is 22.7 Å². The van der Waals surface area contributed by atoms with Crippen molar-refractivity contribution in [3.05, 3.63) is 47.2 Å². The molecular formula is C28H30F4N6O2S. The topological polar surface area (TPSA) is 98.8 Å². The molecule has 41 heavy (non-hydrogen) atoms. The molecule has 218 valence electrons. The van der Waals surface area contributed by atoms with Gasteiger partial charge < -0.3 is 20.1 Å². The highest BCUT2D eigenvalue weighted by molar-refractivity contribution is 7.22. The summed E-state index contributed by atoms with van der Waals surface area (Å²) >= 11 is 1.30. The summed E-state index contributed by atoms with van der Waals surface area (Å²) in [6, 6.07) is 2.86. The predicted molar refractivity (Wildman–Crippen MR) is 149 cm³/mol. The van der Waals surface area contributed by atoms with Crippen LogP contribution in [0.3, 0.4) is 0 Å². The van der Waals surface area contributed by atoms with Crippen molar-refractivity contribution in [3.63, 3.8) is 0 Å². The van der Waals surface area contributed by atoms with Gasteiger partial charge >= 0.3 is 6.18 Å². The van der Waals surface area contributed by atoms with Crippen molar-refractivity contribution in [3.8, 4) is 11.3 Å². The molecule has 8 nitrogen and oxygen atoms in total. The van der Waals surface area contributed by atoms with E-state index in [2.05, 4.69) is 9.89 Å². The van der Waals surface area contributed by atoms with Crippen molar-refractivity contribution >= 4 is 33.0 Å². The summed E-state index contributed by atoms with van der Waals surface area (Å²) in [6.07, 6.45) is 2.50. The van der Waals surface area contributed by atoms with Crippen molar-refractivity contribution in [2.24, 2.45) is 10.7 Å². The number of alkyl halides is 3. The molecule has 3 aliphatic rings. The largest absolute Gasteiger partial charge is 0.416 e. The van der Waals surface area contributed by atoms with Gasteiger partial charge in [0.05, 0.1) is 29.5 Å². The molecule has 3 aromatic rings. The first kappa shape index (κ1) is 28.0. The number of hydrogen-bond donors (Lipinski definition) is 1. The average Bonchev–Trinajstić information content (AvgIpc) is 3.48. The zero-order valence-electron chi connectivity index (χ0n) is 22.4. The van der Waals surface area contributed by atoms with Gasteiger partial charge in [-0.2, -0.15) is 18.2 Å². The van der Waals surface area contributed by atoms with Crippen LogP contribution in [0.2, 0.25) is 0 Å². The van der Waals surface area contributed by atoms with E-state index in [1.54, 1.807) is 13.3 Å². The lowest BCUT2D eigenvalue weighted by atomic mass is 9.91.